The molecule has 1 aromatic rings. The van der Waals surface area contributed by atoms with Gasteiger partial charge in [-0.05, 0) is 44.0 Å². The molecule has 4 rings (SSSR count). The summed E-state index contributed by atoms with van der Waals surface area (Å²) in [5, 5.41) is 13.4. The van der Waals surface area contributed by atoms with Crippen LogP contribution in [0.25, 0.3) is 0 Å². The van der Waals surface area contributed by atoms with Crippen molar-refractivity contribution in [3.8, 4) is 5.75 Å². The molecule has 0 aromatic heterocycles. The van der Waals surface area contributed by atoms with E-state index in [9.17, 15) is 9.50 Å². The highest BCUT2D eigenvalue weighted by Gasteiger charge is 2.33. The molecule has 3 fully saturated rings. The third-order valence-corrected chi connectivity index (χ3v) is 4.54. The number of hydrogen-bond donors (Lipinski definition) is 2. The van der Waals surface area contributed by atoms with Gasteiger partial charge in [-0.25, -0.2) is 4.39 Å². The molecule has 2 atom stereocenters. The lowest BCUT2D eigenvalue weighted by molar-refractivity contribution is 0.0547. The number of nitrogens with one attached hydrogen (secondary N) is 1. The first kappa shape index (κ1) is 14.8. The Bertz CT molecular complexity index is 463. The van der Waals surface area contributed by atoms with Crippen LogP contribution in [0.4, 0.5) is 4.39 Å². The number of para-hydroxylation sites is 1. The lowest BCUT2D eigenvalue weighted by atomic mass is 9.84. The molecule has 2 N–H and O–H groups in total. The summed E-state index contributed by atoms with van der Waals surface area (Å²) in [7, 11) is 0. The van der Waals surface area contributed by atoms with Gasteiger partial charge < -0.3 is 20.1 Å². The maximum absolute atomic E-state index is 13.4. The van der Waals surface area contributed by atoms with Crippen molar-refractivity contribution in [2.24, 2.45) is 5.92 Å². The van der Waals surface area contributed by atoms with E-state index in [1.54, 1.807) is 18.2 Å². The van der Waals surface area contributed by atoms with Crippen LogP contribution in [-0.4, -0.2) is 54.9 Å². The number of halogens is 1. The maximum atomic E-state index is 13.4. The third-order valence-electron chi connectivity index (χ3n) is 4.54. The molecule has 0 saturated carbocycles. The Morgan fingerprint density at radius 3 is 2.76 bits per heavy atom. The molecule has 3 saturated heterocycles. The molecule has 0 amide bonds. The number of benzene rings is 1. The number of rotatable bonds is 6. The van der Waals surface area contributed by atoms with E-state index in [0.29, 0.717) is 12.6 Å². The monoisotopic (exact) mass is 294 g/mol. The minimum atomic E-state index is -0.625. The van der Waals surface area contributed by atoms with Gasteiger partial charge in [0.05, 0.1) is 0 Å². The quantitative estimate of drug-likeness (QED) is 0.829. The van der Waals surface area contributed by atoms with Crippen molar-refractivity contribution in [1.82, 2.24) is 10.2 Å². The third kappa shape index (κ3) is 3.73. The molecule has 116 valence electrons. The zero-order valence-corrected chi connectivity index (χ0v) is 12.2. The van der Waals surface area contributed by atoms with Crippen LogP contribution in [0.5, 0.6) is 5.75 Å². The zero-order valence-electron chi connectivity index (χ0n) is 12.2. The summed E-state index contributed by atoms with van der Waals surface area (Å²) < 4.78 is 18.7. The molecule has 0 spiro atoms. The number of piperidine rings is 3. The molecule has 2 unspecified atom stereocenters. The number of hydrogen-bond acceptors (Lipinski definition) is 4. The highest BCUT2D eigenvalue weighted by Crippen LogP contribution is 2.27. The van der Waals surface area contributed by atoms with E-state index in [-0.39, 0.29) is 12.4 Å². The molecule has 21 heavy (non-hydrogen) atoms. The van der Waals surface area contributed by atoms with Gasteiger partial charge in [-0.2, -0.15) is 0 Å². The minimum Gasteiger partial charge on any atom is -0.488 e. The summed E-state index contributed by atoms with van der Waals surface area (Å²) in [6.45, 7) is 4.09. The van der Waals surface area contributed by atoms with Gasteiger partial charge in [0.15, 0.2) is 11.6 Å². The Kier molecular flexibility index (Phi) is 4.73. The average Bonchev–Trinajstić information content (AvgIpc) is 2.53. The number of ether oxygens (including phenoxy) is 1. The minimum absolute atomic E-state index is 0.106. The average molecular weight is 294 g/mol. The molecular weight excluding hydrogens is 271 g/mol. The van der Waals surface area contributed by atoms with Crippen LogP contribution < -0.4 is 10.1 Å². The van der Waals surface area contributed by atoms with Crippen LogP contribution in [0.15, 0.2) is 24.3 Å². The first-order valence-corrected chi connectivity index (χ1v) is 7.73. The first-order chi connectivity index (χ1) is 10.2. The van der Waals surface area contributed by atoms with Crippen LogP contribution >= 0.6 is 0 Å². The Balaban J connectivity index is 1.40. The molecule has 0 aliphatic carbocycles. The Morgan fingerprint density at radius 2 is 2.10 bits per heavy atom. The summed E-state index contributed by atoms with van der Waals surface area (Å²) in [5.74, 6) is 0.532. The fourth-order valence-electron chi connectivity index (χ4n) is 3.29. The smallest absolute Gasteiger partial charge is 0.165 e. The summed E-state index contributed by atoms with van der Waals surface area (Å²) in [5.41, 5.74) is 0. The van der Waals surface area contributed by atoms with Crippen molar-refractivity contribution in [3.63, 3.8) is 0 Å². The topological polar surface area (TPSA) is 44.7 Å². The Labute approximate surface area is 124 Å². The number of aliphatic hydroxyl groups excluding tert-OH is 1. The van der Waals surface area contributed by atoms with E-state index < -0.39 is 11.9 Å². The number of nitrogens with zero attached hydrogens (tertiary/aromatic N) is 1. The SMILES string of the molecule is OC(CNC1CN2CCC1CC2)COc1ccccc1F. The van der Waals surface area contributed by atoms with E-state index >= 15 is 0 Å². The van der Waals surface area contributed by atoms with E-state index in [1.807, 2.05) is 0 Å². The van der Waals surface area contributed by atoms with Gasteiger partial charge in [0, 0.05) is 19.1 Å². The predicted molar refractivity (Wildman–Crippen MR) is 78.9 cm³/mol. The van der Waals surface area contributed by atoms with Crippen molar-refractivity contribution in [2.45, 2.75) is 25.0 Å². The Hall–Kier alpha value is -1.17. The van der Waals surface area contributed by atoms with Crippen molar-refractivity contribution < 1.29 is 14.2 Å². The molecular formula is C16H23FN2O2. The summed E-state index contributed by atoms with van der Waals surface area (Å²) >= 11 is 0. The van der Waals surface area contributed by atoms with Gasteiger partial charge in [-0.3, -0.25) is 0 Å². The standard InChI is InChI=1S/C16H23FN2O2/c17-14-3-1-2-4-16(14)21-11-13(20)9-18-15-10-19-7-5-12(15)6-8-19/h1-4,12-13,15,18,20H,5-11H2. The molecule has 3 heterocycles. The second-order valence-corrected chi connectivity index (χ2v) is 6.05. The highest BCUT2D eigenvalue weighted by molar-refractivity contribution is 5.23. The molecule has 3 aliphatic rings. The van der Waals surface area contributed by atoms with Crippen LogP contribution in [0.3, 0.4) is 0 Å². The van der Waals surface area contributed by atoms with E-state index in [1.165, 1.54) is 32.0 Å². The Morgan fingerprint density at radius 1 is 1.33 bits per heavy atom. The first-order valence-electron chi connectivity index (χ1n) is 7.73. The van der Waals surface area contributed by atoms with Gasteiger partial charge in [0.2, 0.25) is 0 Å². The van der Waals surface area contributed by atoms with Gasteiger partial charge >= 0.3 is 0 Å². The van der Waals surface area contributed by atoms with Gasteiger partial charge in [-0.1, -0.05) is 12.1 Å². The number of aliphatic hydroxyl groups is 1. The fourth-order valence-corrected chi connectivity index (χ4v) is 3.29. The van der Waals surface area contributed by atoms with Crippen LogP contribution in [-0.2, 0) is 0 Å². The van der Waals surface area contributed by atoms with E-state index in [4.69, 9.17) is 4.74 Å². The summed E-state index contributed by atoms with van der Waals surface area (Å²) in [6.07, 6.45) is 1.87. The largest absolute Gasteiger partial charge is 0.488 e. The summed E-state index contributed by atoms with van der Waals surface area (Å²) in [4.78, 5) is 2.47. The van der Waals surface area contributed by atoms with Crippen molar-refractivity contribution in [2.75, 3.05) is 32.8 Å². The molecule has 0 radical (unpaired) electrons. The molecule has 4 nitrogen and oxygen atoms in total. The molecule has 5 heteroatoms. The van der Waals surface area contributed by atoms with E-state index in [2.05, 4.69) is 10.2 Å². The van der Waals surface area contributed by atoms with Gasteiger partial charge in [-0.15, -0.1) is 0 Å². The van der Waals surface area contributed by atoms with Crippen LogP contribution in [0.1, 0.15) is 12.8 Å². The van der Waals surface area contributed by atoms with Crippen molar-refractivity contribution in [3.05, 3.63) is 30.1 Å². The fraction of sp³-hybridized carbons (Fsp3) is 0.625. The maximum Gasteiger partial charge on any atom is 0.165 e. The van der Waals surface area contributed by atoms with Gasteiger partial charge in [0.25, 0.3) is 0 Å². The van der Waals surface area contributed by atoms with Crippen molar-refractivity contribution in [1.29, 1.82) is 0 Å². The normalized spacial score (nSPS) is 29.3. The van der Waals surface area contributed by atoms with Crippen LogP contribution in [0.2, 0.25) is 0 Å². The van der Waals surface area contributed by atoms with Crippen LogP contribution in [0, 0.1) is 11.7 Å². The van der Waals surface area contributed by atoms with Crippen molar-refractivity contribution >= 4 is 0 Å². The highest BCUT2D eigenvalue weighted by atomic mass is 19.1. The zero-order chi connectivity index (χ0) is 14.7. The second kappa shape index (κ2) is 6.73. The molecule has 1 aromatic carbocycles. The lowest BCUT2D eigenvalue weighted by Crippen LogP contribution is -2.57. The van der Waals surface area contributed by atoms with Gasteiger partial charge in [0.1, 0.15) is 12.7 Å². The molecule has 2 bridgehead atoms. The number of fused-ring (bicyclic) bond motifs is 3. The summed E-state index contributed by atoms with van der Waals surface area (Å²) in [6, 6.07) is 6.73. The van der Waals surface area contributed by atoms with E-state index in [0.717, 1.165) is 12.5 Å². The lowest BCUT2D eigenvalue weighted by Gasteiger charge is -2.45. The molecule has 3 aliphatic heterocycles. The predicted octanol–water partition coefficient (Wildman–Crippen LogP) is 1.25. The second-order valence-electron chi connectivity index (χ2n) is 6.05.